The van der Waals surface area contributed by atoms with E-state index >= 15 is 0 Å². The van der Waals surface area contributed by atoms with Gasteiger partial charge in [-0.05, 0) is 55.9 Å². The third kappa shape index (κ3) is 3.67. The molecule has 1 atom stereocenters. The van der Waals surface area contributed by atoms with Crippen molar-refractivity contribution >= 4 is 11.6 Å². The molecular formula is C24H27N3O3. The Bertz CT molecular complexity index is 1100. The van der Waals surface area contributed by atoms with Crippen LogP contribution in [0.4, 0.5) is 0 Å². The number of fused-ring (bicyclic) bond motifs is 2. The Kier molecular flexibility index (Phi) is 4.95. The van der Waals surface area contributed by atoms with Gasteiger partial charge >= 0.3 is 0 Å². The van der Waals surface area contributed by atoms with E-state index in [0.29, 0.717) is 18.2 Å². The van der Waals surface area contributed by atoms with E-state index in [0.717, 1.165) is 46.8 Å². The highest BCUT2D eigenvalue weighted by Gasteiger charge is 2.26. The summed E-state index contributed by atoms with van der Waals surface area (Å²) in [6.07, 6.45) is 6.39. The van der Waals surface area contributed by atoms with Crippen molar-refractivity contribution in [3.8, 4) is 5.75 Å². The summed E-state index contributed by atoms with van der Waals surface area (Å²) >= 11 is 0. The number of imidazole rings is 1. The molecule has 6 heteroatoms. The molecule has 1 N–H and O–H groups in total. The SMILES string of the molecule is Cc1ccc2nc(C)c(C(=O)NCc3ccc4c(c3)CC(OCC3CCC3)O4)n2c1. The summed E-state index contributed by atoms with van der Waals surface area (Å²) in [6, 6.07) is 10.0. The van der Waals surface area contributed by atoms with Gasteiger partial charge < -0.3 is 14.8 Å². The number of benzene rings is 1. The summed E-state index contributed by atoms with van der Waals surface area (Å²) in [7, 11) is 0. The van der Waals surface area contributed by atoms with E-state index in [1.807, 2.05) is 48.7 Å². The Labute approximate surface area is 176 Å². The zero-order valence-electron chi connectivity index (χ0n) is 17.5. The number of aryl methyl sites for hydroxylation is 2. The highest BCUT2D eigenvalue weighted by Crippen LogP contribution is 2.32. The van der Waals surface area contributed by atoms with E-state index in [4.69, 9.17) is 9.47 Å². The Morgan fingerprint density at radius 3 is 2.93 bits per heavy atom. The van der Waals surface area contributed by atoms with Gasteiger partial charge in [-0.2, -0.15) is 0 Å². The minimum absolute atomic E-state index is 0.121. The van der Waals surface area contributed by atoms with Crippen molar-refractivity contribution in [2.75, 3.05) is 6.61 Å². The second kappa shape index (κ2) is 7.76. The summed E-state index contributed by atoms with van der Waals surface area (Å²) in [5, 5.41) is 3.04. The van der Waals surface area contributed by atoms with Gasteiger partial charge in [0, 0.05) is 24.7 Å². The number of carbonyl (C=O) groups is 1. The van der Waals surface area contributed by atoms with Crippen molar-refractivity contribution in [2.45, 2.75) is 52.4 Å². The van der Waals surface area contributed by atoms with Crippen molar-refractivity contribution in [3.05, 3.63) is 64.6 Å². The molecule has 2 aliphatic rings. The first-order valence-electron chi connectivity index (χ1n) is 10.7. The minimum Gasteiger partial charge on any atom is -0.464 e. The van der Waals surface area contributed by atoms with Crippen LogP contribution in [0.5, 0.6) is 5.75 Å². The lowest BCUT2D eigenvalue weighted by atomic mass is 9.86. The lowest BCUT2D eigenvalue weighted by Crippen LogP contribution is -2.25. The molecule has 3 heterocycles. The van der Waals surface area contributed by atoms with E-state index < -0.39 is 0 Å². The van der Waals surface area contributed by atoms with Gasteiger partial charge in [-0.25, -0.2) is 4.98 Å². The fourth-order valence-corrected chi connectivity index (χ4v) is 4.18. The number of hydrogen-bond acceptors (Lipinski definition) is 4. The van der Waals surface area contributed by atoms with E-state index in [-0.39, 0.29) is 12.2 Å². The smallest absolute Gasteiger partial charge is 0.270 e. The van der Waals surface area contributed by atoms with Crippen LogP contribution in [0.2, 0.25) is 0 Å². The predicted octanol–water partition coefficient (Wildman–Crippen LogP) is 3.96. The molecule has 1 aromatic carbocycles. The lowest BCUT2D eigenvalue weighted by molar-refractivity contribution is -0.0860. The van der Waals surface area contributed by atoms with Gasteiger partial charge in [-0.3, -0.25) is 9.20 Å². The molecule has 2 aromatic heterocycles. The molecule has 0 bridgehead atoms. The quantitative estimate of drug-likeness (QED) is 0.674. The number of aromatic nitrogens is 2. The highest BCUT2D eigenvalue weighted by atomic mass is 16.7. The first-order chi connectivity index (χ1) is 14.6. The predicted molar refractivity (Wildman–Crippen MR) is 114 cm³/mol. The van der Waals surface area contributed by atoms with Crippen LogP contribution in [-0.2, 0) is 17.7 Å². The monoisotopic (exact) mass is 405 g/mol. The second-order valence-electron chi connectivity index (χ2n) is 8.49. The van der Waals surface area contributed by atoms with Gasteiger partial charge in [0.1, 0.15) is 17.1 Å². The molecule has 156 valence electrons. The maximum absolute atomic E-state index is 12.9. The average molecular weight is 405 g/mol. The van der Waals surface area contributed by atoms with E-state index in [2.05, 4.69) is 16.4 Å². The number of hydrogen-bond donors (Lipinski definition) is 1. The van der Waals surface area contributed by atoms with Gasteiger partial charge in [-0.15, -0.1) is 0 Å². The normalized spacial score (nSPS) is 18.1. The molecule has 3 aromatic rings. The van der Waals surface area contributed by atoms with Gasteiger partial charge in [0.15, 0.2) is 0 Å². The summed E-state index contributed by atoms with van der Waals surface area (Å²) in [5.74, 6) is 1.47. The zero-order valence-corrected chi connectivity index (χ0v) is 17.5. The van der Waals surface area contributed by atoms with Crippen LogP contribution >= 0.6 is 0 Å². The second-order valence-corrected chi connectivity index (χ2v) is 8.49. The molecular weight excluding hydrogens is 378 g/mol. The Hall–Kier alpha value is -2.86. The standard InChI is InChI=1S/C24H27N3O3/c1-15-6-9-21-26-16(2)23(27(21)13-15)24(28)25-12-18-7-8-20-19(10-18)11-22(30-20)29-14-17-4-3-5-17/h6-10,13,17,22H,3-5,11-12,14H2,1-2H3,(H,25,28). The zero-order chi connectivity index (χ0) is 20.7. The molecule has 5 rings (SSSR count). The first kappa shape index (κ1) is 19.1. The van der Waals surface area contributed by atoms with E-state index in [1.54, 1.807) is 0 Å². The van der Waals surface area contributed by atoms with E-state index in [9.17, 15) is 4.79 Å². The average Bonchev–Trinajstić information content (AvgIpc) is 3.23. The molecule has 1 fully saturated rings. The number of ether oxygens (including phenoxy) is 2. The summed E-state index contributed by atoms with van der Waals surface area (Å²) in [5.41, 5.74) is 5.37. The maximum Gasteiger partial charge on any atom is 0.270 e. The Morgan fingerprint density at radius 1 is 1.27 bits per heavy atom. The van der Waals surface area contributed by atoms with Gasteiger partial charge in [0.05, 0.1) is 12.3 Å². The summed E-state index contributed by atoms with van der Waals surface area (Å²) in [4.78, 5) is 17.4. The summed E-state index contributed by atoms with van der Waals surface area (Å²) in [6.45, 7) is 5.12. The van der Waals surface area contributed by atoms with Gasteiger partial charge in [0.25, 0.3) is 5.91 Å². The van der Waals surface area contributed by atoms with E-state index in [1.165, 1.54) is 19.3 Å². The molecule has 0 saturated heterocycles. The molecule has 1 aliphatic carbocycles. The number of amides is 1. The lowest BCUT2D eigenvalue weighted by Gasteiger charge is -2.26. The molecule has 6 nitrogen and oxygen atoms in total. The van der Waals surface area contributed by atoms with Crippen LogP contribution in [0.1, 0.15) is 52.1 Å². The third-order valence-corrected chi connectivity index (χ3v) is 6.12. The van der Waals surface area contributed by atoms with Crippen LogP contribution < -0.4 is 10.1 Å². The van der Waals surface area contributed by atoms with Gasteiger partial charge in [-0.1, -0.05) is 24.6 Å². The van der Waals surface area contributed by atoms with Crippen LogP contribution in [0.25, 0.3) is 5.65 Å². The van der Waals surface area contributed by atoms with Crippen LogP contribution in [0.15, 0.2) is 36.5 Å². The molecule has 1 amide bonds. The van der Waals surface area contributed by atoms with Crippen molar-refractivity contribution in [1.29, 1.82) is 0 Å². The topological polar surface area (TPSA) is 64.9 Å². The number of carbonyl (C=O) groups excluding carboxylic acids is 1. The largest absolute Gasteiger partial charge is 0.464 e. The Morgan fingerprint density at radius 2 is 2.13 bits per heavy atom. The van der Waals surface area contributed by atoms with Crippen molar-refractivity contribution in [2.24, 2.45) is 5.92 Å². The molecule has 0 spiro atoms. The number of pyridine rings is 1. The fourth-order valence-electron chi connectivity index (χ4n) is 4.18. The van der Waals surface area contributed by atoms with Crippen LogP contribution in [-0.4, -0.2) is 28.2 Å². The Balaban J connectivity index is 1.23. The number of rotatable bonds is 6. The van der Waals surface area contributed by atoms with Crippen molar-refractivity contribution < 1.29 is 14.3 Å². The van der Waals surface area contributed by atoms with Crippen LogP contribution in [0.3, 0.4) is 0 Å². The fraction of sp³-hybridized carbons (Fsp3) is 0.417. The third-order valence-electron chi connectivity index (χ3n) is 6.12. The van der Waals surface area contributed by atoms with Crippen LogP contribution in [0, 0.1) is 19.8 Å². The highest BCUT2D eigenvalue weighted by molar-refractivity contribution is 5.94. The minimum atomic E-state index is -0.186. The molecule has 30 heavy (non-hydrogen) atoms. The maximum atomic E-state index is 12.9. The van der Waals surface area contributed by atoms with Crippen molar-refractivity contribution in [1.82, 2.24) is 14.7 Å². The number of nitrogens with one attached hydrogen (secondary N) is 1. The summed E-state index contributed by atoms with van der Waals surface area (Å²) < 4.78 is 13.7. The number of nitrogens with zero attached hydrogens (tertiary/aromatic N) is 2. The first-order valence-corrected chi connectivity index (χ1v) is 10.7. The van der Waals surface area contributed by atoms with Crippen molar-refractivity contribution in [3.63, 3.8) is 0 Å². The molecule has 1 saturated carbocycles. The molecule has 0 radical (unpaired) electrons. The molecule has 1 aliphatic heterocycles. The van der Waals surface area contributed by atoms with Gasteiger partial charge in [0.2, 0.25) is 6.29 Å². The molecule has 1 unspecified atom stereocenters.